The van der Waals surface area contributed by atoms with Gasteiger partial charge in [0.1, 0.15) is 10.8 Å². The fourth-order valence-electron chi connectivity index (χ4n) is 2.62. The second-order valence-electron chi connectivity index (χ2n) is 4.96. The molecule has 2 aromatic rings. The zero-order valence-corrected chi connectivity index (χ0v) is 13.0. The number of aliphatic carboxylic acids is 1. The molecule has 110 valence electrons. The van der Waals surface area contributed by atoms with Crippen molar-refractivity contribution in [2.45, 2.75) is 25.2 Å². The van der Waals surface area contributed by atoms with E-state index >= 15 is 0 Å². The maximum Gasteiger partial charge on any atom is 0.312 e. The molecule has 4 nitrogen and oxygen atoms in total. The van der Waals surface area contributed by atoms with Crippen LogP contribution in [-0.4, -0.2) is 23.2 Å². The highest BCUT2D eigenvalue weighted by molar-refractivity contribution is 7.15. The van der Waals surface area contributed by atoms with Crippen LogP contribution in [-0.2, 0) is 11.2 Å². The molecule has 21 heavy (non-hydrogen) atoms. The molecule has 1 atom stereocenters. The van der Waals surface area contributed by atoms with Crippen LogP contribution in [0.15, 0.2) is 18.2 Å². The summed E-state index contributed by atoms with van der Waals surface area (Å²) in [6, 6.07) is 5.39. The standard InChI is InChI=1S/C15H14ClNO3S/c1-20-11-7-8(16)5-6-9(11)14-17-13-10(15(18)19)3-2-4-12(13)21-14/h5-7,10H,2-4H2,1H3,(H,18,19). The van der Waals surface area contributed by atoms with Gasteiger partial charge in [0.25, 0.3) is 0 Å². The number of fused-ring (bicyclic) bond motifs is 1. The van der Waals surface area contributed by atoms with Gasteiger partial charge in [-0.15, -0.1) is 11.3 Å². The number of halogens is 1. The first-order valence-corrected chi connectivity index (χ1v) is 7.86. The number of methoxy groups -OCH3 is 1. The Hall–Kier alpha value is -1.59. The van der Waals surface area contributed by atoms with E-state index in [9.17, 15) is 9.90 Å². The van der Waals surface area contributed by atoms with Gasteiger partial charge in [-0.2, -0.15) is 0 Å². The number of carboxylic acids is 1. The third kappa shape index (κ3) is 2.63. The molecule has 1 N–H and O–H groups in total. The fourth-order valence-corrected chi connectivity index (χ4v) is 3.97. The minimum atomic E-state index is -0.795. The molecule has 3 rings (SSSR count). The highest BCUT2D eigenvalue weighted by atomic mass is 35.5. The predicted octanol–water partition coefficient (Wildman–Crippen LogP) is 3.98. The van der Waals surface area contributed by atoms with Gasteiger partial charge in [0.15, 0.2) is 0 Å². The van der Waals surface area contributed by atoms with Gasteiger partial charge in [-0.25, -0.2) is 4.98 Å². The average Bonchev–Trinajstić information content (AvgIpc) is 2.90. The van der Waals surface area contributed by atoms with E-state index in [1.807, 2.05) is 6.07 Å². The molecule has 0 saturated carbocycles. The number of rotatable bonds is 3. The molecule has 1 heterocycles. The molecule has 1 unspecified atom stereocenters. The summed E-state index contributed by atoms with van der Waals surface area (Å²) in [6.07, 6.45) is 2.44. The second kappa shape index (κ2) is 5.66. The third-order valence-electron chi connectivity index (χ3n) is 3.65. The van der Waals surface area contributed by atoms with Crippen LogP contribution in [0.5, 0.6) is 5.75 Å². The average molecular weight is 324 g/mol. The van der Waals surface area contributed by atoms with E-state index in [1.54, 1.807) is 30.6 Å². The molecule has 0 radical (unpaired) electrons. The number of carboxylic acid groups (broad SMARTS) is 1. The first-order valence-electron chi connectivity index (χ1n) is 6.66. The largest absolute Gasteiger partial charge is 0.496 e. The Morgan fingerprint density at radius 1 is 1.52 bits per heavy atom. The van der Waals surface area contributed by atoms with Gasteiger partial charge in [-0.05, 0) is 37.5 Å². The molecule has 0 bridgehead atoms. The summed E-state index contributed by atoms with van der Waals surface area (Å²) in [5.74, 6) is -0.631. The number of ether oxygens (including phenoxy) is 1. The Kier molecular flexibility index (Phi) is 3.87. The molecule has 0 fully saturated rings. The monoisotopic (exact) mass is 323 g/mol. The van der Waals surface area contributed by atoms with Crippen LogP contribution in [0, 0.1) is 0 Å². The molecule has 0 spiro atoms. The van der Waals surface area contributed by atoms with Crippen molar-refractivity contribution in [3.8, 4) is 16.3 Å². The van der Waals surface area contributed by atoms with Crippen LogP contribution in [0.2, 0.25) is 5.02 Å². The number of nitrogens with zero attached hydrogens (tertiary/aromatic N) is 1. The first kappa shape index (κ1) is 14.4. The maximum atomic E-state index is 11.4. The van der Waals surface area contributed by atoms with Crippen LogP contribution in [0.1, 0.15) is 29.3 Å². The van der Waals surface area contributed by atoms with Gasteiger partial charge in [0, 0.05) is 9.90 Å². The zero-order chi connectivity index (χ0) is 15.0. The third-order valence-corrected chi connectivity index (χ3v) is 5.05. The first-order chi connectivity index (χ1) is 10.1. The number of hydrogen-bond donors (Lipinski definition) is 1. The lowest BCUT2D eigenvalue weighted by Gasteiger charge is -2.16. The summed E-state index contributed by atoms with van der Waals surface area (Å²) >= 11 is 7.52. The summed E-state index contributed by atoms with van der Waals surface area (Å²) in [7, 11) is 1.59. The normalized spacial score (nSPS) is 17.3. The van der Waals surface area contributed by atoms with Gasteiger partial charge in [0.2, 0.25) is 0 Å². The van der Waals surface area contributed by atoms with Crippen molar-refractivity contribution in [1.29, 1.82) is 0 Å². The Morgan fingerprint density at radius 3 is 3.05 bits per heavy atom. The fraction of sp³-hybridized carbons (Fsp3) is 0.333. The van der Waals surface area contributed by atoms with E-state index in [0.717, 1.165) is 28.3 Å². The molecule has 1 aromatic heterocycles. The lowest BCUT2D eigenvalue weighted by molar-refractivity contribution is -0.139. The Labute approximate surface area is 131 Å². The van der Waals surface area contributed by atoms with Crippen molar-refractivity contribution in [2.24, 2.45) is 0 Å². The van der Waals surface area contributed by atoms with E-state index in [1.165, 1.54) is 0 Å². The molecule has 0 amide bonds. The predicted molar refractivity (Wildman–Crippen MR) is 82.4 cm³/mol. The van der Waals surface area contributed by atoms with Gasteiger partial charge in [-0.3, -0.25) is 4.79 Å². The van der Waals surface area contributed by atoms with Crippen molar-refractivity contribution in [3.63, 3.8) is 0 Å². The van der Waals surface area contributed by atoms with Crippen molar-refractivity contribution in [2.75, 3.05) is 7.11 Å². The zero-order valence-electron chi connectivity index (χ0n) is 11.4. The second-order valence-corrected chi connectivity index (χ2v) is 6.48. The van der Waals surface area contributed by atoms with Crippen LogP contribution in [0.25, 0.3) is 10.6 Å². The van der Waals surface area contributed by atoms with Crippen molar-refractivity contribution in [1.82, 2.24) is 4.98 Å². The van der Waals surface area contributed by atoms with E-state index in [2.05, 4.69) is 4.98 Å². The number of aromatic nitrogens is 1. The number of carbonyl (C=O) groups is 1. The van der Waals surface area contributed by atoms with Crippen LogP contribution >= 0.6 is 22.9 Å². The highest BCUT2D eigenvalue weighted by Gasteiger charge is 2.30. The molecule has 1 aromatic carbocycles. The molecule has 1 aliphatic carbocycles. The molecule has 6 heteroatoms. The smallest absolute Gasteiger partial charge is 0.312 e. The summed E-state index contributed by atoms with van der Waals surface area (Å²) < 4.78 is 5.35. The molecular weight excluding hydrogens is 310 g/mol. The number of aryl methyl sites for hydroxylation is 1. The van der Waals surface area contributed by atoms with Crippen molar-refractivity contribution >= 4 is 28.9 Å². The summed E-state index contributed by atoms with van der Waals surface area (Å²) in [5, 5.41) is 10.7. The Bertz CT molecular complexity index is 698. The van der Waals surface area contributed by atoms with E-state index < -0.39 is 11.9 Å². The van der Waals surface area contributed by atoms with E-state index in [-0.39, 0.29) is 0 Å². The van der Waals surface area contributed by atoms with Crippen LogP contribution < -0.4 is 4.74 Å². The summed E-state index contributed by atoms with van der Waals surface area (Å²) in [4.78, 5) is 17.0. The highest BCUT2D eigenvalue weighted by Crippen LogP contribution is 2.41. The van der Waals surface area contributed by atoms with Crippen LogP contribution in [0.4, 0.5) is 0 Å². The molecule has 0 saturated heterocycles. The summed E-state index contributed by atoms with van der Waals surface area (Å²) in [5.41, 5.74) is 1.57. The SMILES string of the molecule is COc1cc(Cl)ccc1-c1nc2c(s1)CCCC2C(=O)O. The minimum absolute atomic E-state index is 0.489. The Balaban J connectivity index is 2.07. The quantitative estimate of drug-likeness (QED) is 0.928. The van der Waals surface area contributed by atoms with E-state index in [0.29, 0.717) is 22.9 Å². The maximum absolute atomic E-state index is 11.4. The van der Waals surface area contributed by atoms with Gasteiger partial charge >= 0.3 is 5.97 Å². The topological polar surface area (TPSA) is 59.4 Å². The number of hydrogen-bond acceptors (Lipinski definition) is 4. The van der Waals surface area contributed by atoms with Crippen molar-refractivity contribution in [3.05, 3.63) is 33.8 Å². The van der Waals surface area contributed by atoms with Gasteiger partial charge in [0.05, 0.1) is 24.3 Å². The van der Waals surface area contributed by atoms with Gasteiger partial charge < -0.3 is 9.84 Å². The molecule has 0 aliphatic heterocycles. The Morgan fingerprint density at radius 2 is 2.33 bits per heavy atom. The lowest BCUT2D eigenvalue weighted by atomic mass is 9.91. The molecule has 1 aliphatic rings. The van der Waals surface area contributed by atoms with Crippen molar-refractivity contribution < 1.29 is 14.6 Å². The van der Waals surface area contributed by atoms with Gasteiger partial charge in [-0.1, -0.05) is 11.6 Å². The van der Waals surface area contributed by atoms with E-state index in [4.69, 9.17) is 16.3 Å². The van der Waals surface area contributed by atoms with Crippen LogP contribution in [0.3, 0.4) is 0 Å². The summed E-state index contributed by atoms with van der Waals surface area (Å²) in [6.45, 7) is 0. The minimum Gasteiger partial charge on any atom is -0.496 e. The molecular formula is C15H14ClNO3S. The number of benzene rings is 1. The lowest BCUT2D eigenvalue weighted by Crippen LogP contribution is -2.17. The number of thiazole rings is 1.